The zero-order valence-corrected chi connectivity index (χ0v) is 8.32. The van der Waals surface area contributed by atoms with Gasteiger partial charge in [0.25, 0.3) is 0 Å². The van der Waals surface area contributed by atoms with Crippen molar-refractivity contribution in [3.05, 3.63) is 24.3 Å². The quantitative estimate of drug-likeness (QED) is 0.553. The number of hydrogen-bond donors (Lipinski definition) is 1. The van der Waals surface area contributed by atoms with Gasteiger partial charge in [0.2, 0.25) is 0 Å². The summed E-state index contributed by atoms with van der Waals surface area (Å²) in [5, 5.41) is 6.15. The molecular formula is C7H11N2O3P. The van der Waals surface area contributed by atoms with Gasteiger partial charge < -0.3 is 0 Å². The van der Waals surface area contributed by atoms with E-state index in [4.69, 9.17) is 0 Å². The van der Waals surface area contributed by atoms with Crippen LogP contribution in [0.15, 0.2) is 29.4 Å². The minimum atomic E-state index is -3.24. The average Bonchev–Trinajstić information content (AvgIpc) is 2.67. The molecule has 0 bridgehead atoms. The molecule has 0 fully saturated rings. The second-order valence-electron chi connectivity index (χ2n) is 2.22. The highest BCUT2D eigenvalue weighted by Gasteiger charge is 2.19. The van der Waals surface area contributed by atoms with Crippen molar-refractivity contribution < 1.29 is 13.6 Å². The monoisotopic (exact) mass is 202 g/mol. The highest BCUT2D eigenvalue weighted by atomic mass is 31.2. The summed E-state index contributed by atoms with van der Waals surface area (Å²) in [5.41, 5.74) is 0.675. The zero-order valence-electron chi connectivity index (χ0n) is 7.43. The third-order valence-electron chi connectivity index (χ3n) is 1.43. The molecule has 1 N–H and O–H groups in total. The van der Waals surface area contributed by atoms with Gasteiger partial charge in [0.05, 0.1) is 5.71 Å². The number of nitrogens with one attached hydrogen (secondary N) is 1. The lowest BCUT2D eigenvalue weighted by molar-refractivity contribution is 0.265. The largest absolute Gasteiger partial charge is 0.447 e. The lowest BCUT2D eigenvalue weighted by Crippen LogP contribution is -2.07. The standard InChI is InChI=1S/C7H11N2O3P/c1-11-13(10,12-2)9-8-7-5-3-4-6-7/h3-6H,1-2H3,(H,9,10). The van der Waals surface area contributed by atoms with Gasteiger partial charge in [-0.25, -0.2) is 9.76 Å². The minimum absolute atomic E-state index is 0.675. The van der Waals surface area contributed by atoms with Gasteiger partial charge in [0.1, 0.15) is 0 Å². The Balaban J connectivity index is 2.58. The van der Waals surface area contributed by atoms with Crippen molar-refractivity contribution in [2.45, 2.75) is 0 Å². The first-order valence-electron chi connectivity index (χ1n) is 3.61. The van der Waals surface area contributed by atoms with Crippen molar-refractivity contribution in [3.8, 4) is 0 Å². The molecule has 72 valence electrons. The summed E-state index contributed by atoms with van der Waals surface area (Å²) in [6, 6.07) is 0. The van der Waals surface area contributed by atoms with E-state index in [-0.39, 0.29) is 0 Å². The van der Waals surface area contributed by atoms with Gasteiger partial charge in [-0.15, -0.1) is 0 Å². The molecule has 0 atom stereocenters. The van der Waals surface area contributed by atoms with Crippen LogP contribution in [0.5, 0.6) is 0 Å². The predicted molar refractivity (Wildman–Crippen MR) is 50.5 cm³/mol. The van der Waals surface area contributed by atoms with E-state index in [0.29, 0.717) is 5.71 Å². The van der Waals surface area contributed by atoms with Crippen LogP contribution in [0.1, 0.15) is 0 Å². The van der Waals surface area contributed by atoms with E-state index in [2.05, 4.69) is 19.3 Å². The van der Waals surface area contributed by atoms with Crippen LogP contribution in [-0.4, -0.2) is 19.9 Å². The lowest BCUT2D eigenvalue weighted by atomic mass is 10.4. The number of allylic oxidation sites excluding steroid dienone is 4. The molecule has 0 aromatic heterocycles. The van der Waals surface area contributed by atoms with Crippen LogP contribution in [0, 0.1) is 0 Å². The first-order chi connectivity index (χ1) is 6.20. The normalized spacial score (nSPS) is 15.1. The van der Waals surface area contributed by atoms with Gasteiger partial charge in [-0.1, -0.05) is 12.2 Å². The maximum atomic E-state index is 11.4. The van der Waals surface area contributed by atoms with Crippen LogP contribution in [-0.2, 0) is 13.6 Å². The van der Waals surface area contributed by atoms with Gasteiger partial charge in [-0.3, -0.25) is 9.05 Å². The Morgan fingerprint density at radius 2 is 1.85 bits per heavy atom. The van der Waals surface area contributed by atoms with Gasteiger partial charge >= 0.3 is 7.75 Å². The second kappa shape index (κ2) is 4.37. The molecule has 0 saturated heterocycles. The molecule has 1 aliphatic rings. The smallest absolute Gasteiger partial charge is 0.295 e. The number of rotatable bonds is 4. The van der Waals surface area contributed by atoms with E-state index in [1.807, 2.05) is 12.2 Å². The fourth-order valence-electron chi connectivity index (χ4n) is 0.714. The van der Waals surface area contributed by atoms with Crippen LogP contribution < -0.4 is 5.20 Å². The molecule has 0 unspecified atom stereocenters. The number of hydrogen-bond acceptors (Lipinski definition) is 4. The minimum Gasteiger partial charge on any atom is -0.295 e. The Labute approximate surface area is 76.7 Å². The molecule has 0 aromatic rings. The first-order valence-corrected chi connectivity index (χ1v) is 5.16. The number of nitrogens with zero attached hydrogens (tertiary/aromatic N) is 1. The van der Waals surface area contributed by atoms with Crippen LogP contribution in [0.25, 0.3) is 0 Å². The molecule has 5 nitrogen and oxygen atoms in total. The van der Waals surface area contributed by atoms with Crippen molar-refractivity contribution in [3.63, 3.8) is 0 Å². The summed E-state index contributed by atoms with van der Waals surface area (Å²) in [6.45, 7) is 0. The molecule has 1 aliphatic carbocycles. The Hall–Kier alpha value is -0.900. The third-order valence-corrected chi connectivity index (χ3v) is 2.73. The van der Waals surface area contributed by atoms with Crippen molar-refractivity contribution in [2.75, 3.05) is 14.2 Å². The highest BCUT2D eigenvalue weighted by molar-refractivity contribution is 7.51. The Morgan fingerprint density at radius 3 is 2.31 bits per heavy atom. The van der Waals surface area contributed by atoms with Gasteiger partial charge in [-0.2, -0.15) is 5.10 Å². The fraction of sp³-hybridized carbons (Fsp3) is 0.286. The third kappa shape index (κ3) is 2.81. The molecule has 0 radical (unpaired) electrons. The first kappa shape index (κ1) is 10.2. The summed E-state index contributed by atoms with van der Waals surface area (Å²) in [4.78, 5) is 0. The van der Waals surface area contributed by atoms with Crippen LogP contribution >= 0.6 is 7.75 Å². The Kier molecular flexibility index (Phi) is 3.42. The SMILES string of the molecule is COP(=O)(NN=C1C=CC=C1)OC. The van der Waals surface area contributed by atoms with Crippen molar-refractivity contribution in [1.29, 1.82) is 0 Å². The lowest BCUT2D eigenvalue weighted by Gasteiger charge is -2.11. The molecule has 13 heavy (non-hydrogen) atoms. The molecule has 6 heteroatoms. The summed E-state index contributed by atoms with van der Waals surface area (Å²) in [7, 11) is -0.660. The van der Waals surface area contributed by atoms with Crippen LogP contribution in [0.2, 0.25) is 0 Å². The average molecular weight is 202 g/mol. The molecular weight excluding hydrogens is 191 g/mol. The summed E-state index contributed by atoms with van der Waals surface area (Å²) >= 11 is 0. The molecule has 0 aliphatic heterocycles. The Morgan fingerprint density at radius 1 is 1.31 bits per heavy atom. The van der Waals surface area contributed by atoms with Crippen molar-refractivity contribution >= 4 is 13.5 Å². The van der Waals surface area contributed by atoms with E-state index in [1.54, 1.807) is 12.2 Å². The van der Waals surface area contributed by atoms with Gasteiger partial charge in [0, 0.05) is 14.2 Å². The predicted octanol–water partition coefficient (Wildman–Crippen LogP) is 1.46. The molecule has 0 spiro atoms. The van der Waals surface area contributed by atoms with Crippen LogP contribution in [0.3, 0.4) is 0 Å². The summed E-state index contributed by atoms with van der Waals surface area (Å²) in [5.74, 6) is 0. The van der Waals surface area contributed by atoms with E-state index in [1.165, 1.54) is 14.2 Å². The van der Waals surface area contributed by atoms with Crippen molar-refractivity contribution in [2.24, 2.45) is 5.10 Å². The fourth-order valence-corrected chi connectivity index (χ4v) is 1.26. The topological polar surface area (TPSA) is 59.9 Å². The molecule has 1 rings (SSSR count). The Bertz CT molecular complexity index is 287. The highest BCUT2D eigenvalue weighted by Crippen LogP contribution is 2.41. The maximum absolute atomic E-state index is 11.4. The van der Waals surface area contributed by atoms with Crippen LogP contribution in [0.4, 0.5) is 0 Å². The molecule has 0 saturated carbocycles. The van der Waals surface area contributed by atoms with E-state index in [9.17, 15) is 4.57 Å². The summed E-state index contributed by atoms with van der Waals surface area (Å²) in [6.07, 6.45) is 7.18. The maximum Gasteiger partial charge on any atom is 0.447 e. The van der Waals surface area contributed by atoms with Crippen molar-refractivity contribution in [1.82, 2.24) is 5.20 Å². The van der Waals surface area contributed by atoms with Gasteiger partial charge in [-0.05, 0) is 12.2 Å². The van der Waals surface area contributed by atoms with E-state index < -0.39 is 7.75 Å². The zero-order chi connectivity index (χ0) is 9.73. The molecule has 0 heterocycles. The summed E-state index contributed by atoms with van der Waals surface area (Å²) < 4.78 is 20.6. The second-order valence-corrected chi connectivity index (χ2v) is 4.14. The number of hydrazone groups is 1. The molecule has 0 amide bonds. The van der Waals surface area contributed by atoms with E-state index >= 15 is 0 Å². The van der Waals surface area contributed by atoms with E-state index in [0.717, 1.165) is 0 Å². The van der Waals surface area contributed by atoms with Gasteiger partial charge in [0.15, 0.2) is 0 Å². The molecule has 0 aromatic carbocycles.